The summed E-state index contributed by atoms with van der Waals surface area (Å²) in [5.74, 6) is 0. The molecule has 8 nitrogen and oxygen atoms in total. The molecule has 0 heterocycles. The smallest absolute Gasteiger partial charge is 0.382 e. The third-order valence-electron chi connectivity index (χ3n) is 0.583. The summed E-state index contributed by atoms with van der Waals surface area (Å²) in [6.07, 6.45) is 0. The fraction of sp³-hybridized carbons (Fsp3) is 0.500. The molecule has 0 aromatic rings. The Labute approximate surface area is 54.8 Å². The molecule has 0 unspecified atom stereocenters. The van der Waals surface area contributed by atoms with E-state index in [0.717, 1.165) is 7.05 Å². The summed E-state index contributed by atoms with van der Waals surface area (Å²) >= 11 is 0. The van der Waals surface area contributed by atoms with E-state index in [4.69, 9.17) is 5.11 Å². The molecule has 0 aliphatic rings. The minimum absolute atomic E-state index is 0.322. The van der Waals surface area contributed by atoms with Gasteiger partial charge in [-0.25, -0.2) is 10.1 Å². The number of amidine groups is 1. The van der Waals surface area contributed by atoms with Crippen molar-refractivity contribution >= 4 is 6.02 Å². The van der Waals surface area contributed by atoms with E-state index in [-0.39, 0.29) is 0 Å². The van der Waals surface area contributed by atoms with E-state index in [1.807, 2.05) is 0 Å². The lowest BCUT2D eigenvalue weighted by molar-refractivity contribution is -0.486. The molecule has 0 saturated carbocycles. The van der Waals surface area contributed by atoms with Crippen molar-refractivity contribution in [2.24, 2.45) is 10.4 Å². The number of aliphatic hydroxyl groups is 1. The molecule has 0 radical (unpaired) electrons. The molecule has 8 heteroatoms. The Morgan fingerprint density at radius 3 is 2.60 bits per heavy atom. The van der Waals surface area contributed by atoms with Crippen LogP contribution in [-0.4, -0.2) is 28.2 Å². The Hall–Kier alpha value is -1.73. The van der Waals surface area contributed by atoms with Crippen LogP contribution in [0.1, 0.15) is 0 Å². The summed E-state index contributed by atoms with van der Waals surface area (Å²) in [6.45, 7) is 0. The molecular weight excluding hydrogens is 144 g/mol. The highest BCUT2D eigenvalue weighted by molar-refractivity contribution is 5.69. The molecule has 0 bridgehead atoms. The van der Waals surface area contributed by atoms with E-state index in [1.54, 1.807) is 0 Å². The molecule has 0 spiro atoms. The largest absolute Gasteiger partial charge is 0.475 e. The number of nitro groups is 1. The first kappa shape index (κ1) is 8.27. The molecule has 0 saturated heterocycles. The van der Waals surface area contributed by atoms with Gasteiger partial charge in [0.15, 0.2) is 5.03 Å². The number of rotatable bonds is 2. The predicted octanol–water partition coefficient (Wildman–Crippen LogP) is -0.295. The standard InChI is InChI=1S/C2H4N4O4/c1-5(4-8)2(7)3-6(9)10/h1H3,(H,3,7). The Morgan fingerprint density at radius 1 is 1.80 bits per heavy atom. The molecule has 0 aliphatic heterocycles. The van der Waals surface area contributed by atoms with Gasteiger partial charge in [-0.2, -0.15) is 5.01 Å². The highest BCUT2D eigenvalue weighted by Gasteiger charge is 2.07. The van der Waals surface area contributed by atoms with Crippen molar-refractivity contribution < 1.29 is 10.1 Å². The van der Waals surface area contributed by atoms with Crippen LogP contribution in [-0.2, 0) is 0 Å². The molecule has 0 fully saturated rings. The molecule has 0 amide bonds. The zero-order valence-corrected chi connectivity index (χ0v) is 4.96. The zero-order chi connectivity index (χ0) is 8.15. The highest BCUT2D eigenvalue weighted by Crippen LogP contribution is 1.84. The maximum atomic E-state index is 9.54. The summed E-state index contributed by atoms with van der Waals surface area (Å²) in [5, 5.41) is 21.6. The van der Waals surface area contributed by atoms with Gasteiger partial charge in [-0.1, -0.05) is 0 Å². The molecule has 0 rings (SSSR count). The maximum Gasteiger partial charge on any atom is 0.382 e. The van der Waals surface area contributed by atoms with Crippen LogP contribution in [0.5, 0.6) is 0 Å². The second kappa shape index (κ2) is 3.33. The number of nitrogens with zero attached hydrogens (tertiary/aromatic N) is 4. The van der Waals surface area contributed by atoms with Gasteiger partial charge in [0.2, 0.25) is 0 Å². The molecule has 0 aromatic heterocycles. The topological polar surface area (TPSA) is 108 Å². The number of hydrazone groups is 1. The van der Waals surface area contributed by atoms with Gasteiger partial charge in [-0.15, -0.1) is 4.91 Å². The van der Waals surface area contributed by atoms with Crippen molar-refractivity contribution in [3.63, 3.8) is 0 Å². The molecular formula is C2H4N4O4. The minimum atomic E-state index is -1.14. The number of aliphatic hydroxyl groups excluding tert-OH is 1. The van der Waals surface area contributed by atoms with Crippen molar-refractivity contribution in [1.82, 2.24) is 5.01 Å². The van der Waals surface area contributed by atoms with Gasteiger partial charge in [0.1, 0.15) is 5.10 Å². The summed E-state index contributed by atoms with van der Waals surface area (Å²) in [7, 11) is 1.02. The Balaban J connectivity index is 4.18. The Bertz CT molecular complexity index is 176. The predicted molar refractivity (Wildman–Crippen MR) is 30.6 cm³/mol. The van der Waals surface area contributed by atoms with Gasteiger partial charge in [0, 0.05) is 7.05 Å². The van der Waals surface area contributed by atoms with Gasteiger partial charge < -0.3 is 5.11 Å². The lowest BCUT2D eigenvalue weighted by Crippen LogP contribution is -2.20. The van der Waals surface area contributed by atoms with Gasteiger partial charge in [0.05, 0.1) is 5.29 Å². The van der Waals surface area contributed by atoms with Crippen LogP contribution in [0.3, 0.4) is 0 Å². The van der Waals surface area contributed by atoms with Gasteiger partial charge in [0.25, 0.3) is 0 Å². The molecule has 0 aromatic carbocycles. The summed E-state index contributed by atoms with van der Waals surface area (Å²) in [6, 6.07) is -1.06. The van der Waals surface area contributed by atoms with Crippen LogP contribution in [0.4, 0.5) is 0 Å². The van der Waals surface area contributed by atoms with E-state index < -0.39 is 11.1 Å². The number of nitroso groups, excluding NO2 is 1. The van der Waals surface area contributed by atoms with Crippen molar-refractivity contribution in [2.75, 3.05) is 7.05 Å². The molecule has 0 aliphatic carbocycles. The van der Waals surface area contributed by atoms with Crippen molar-refractivity contribution in [3.05, 3.63) is 15.0 Å². The SMILES string of the molecule is CN(N=O)C(O)=N[N+](=O)[O-]. The lowest BCUT2D eigenvalue weighted by atomic mass is 11.0. The average Bonchev–Trinajstić information content (AvgIpc) is 1.85. The first-order valence-corrected chi connectivity index (χ1v) is 2.07. The van der Waals surface area contributed by atoms with Gasteiger partial charge in [-0.3, -0.25) is 0 Å². The normalized spacial score (nSPS) is 10.7. The van der Waals surface area contributed by atoms with Crippen molar-refractivity contribution in [2.45, 2.75) is 0 Å². The number of hydrogen-bond donors (Lipinski definition) is 1. The maximum absolute atomic E-state index is 9.54. The van der Waals surface area contributed by atoms with Crippen molar-refractivity contribution in [3.8, 4) is 0 Å². The fourth-order valence-electron chi connectivity index (χ4n) is 0.174. The fourth-order valence-corrected chi connectivity index (χ4v) is 0.174. The van der Waals surface area contributed by atoms with Crippen LogP contribution in [0.2, 0.25) is 0 Å². The zero-order valence-electron chi connectivity index (χ0n) is 4.96. The van der Waals surface area contributed by atoms with Crippen LogP contribution >= 0.6 is 0 Å². The minimum Gasteiger partial charge on any atom is -0.475 e. The quantitative estimate of drug-likeness (QED) is 0.190. The Morgan fingerprint density at radius 2 is 2.30 bits per heavy atom. The molecule has 0 atom stereocenters. The molecule has 10 heavy (non-hydrogen) atoms. The monoisotopic (exact) mass is 148 g/mol. The second-order valence-corrected chi connectivity index (χ2v) is 1.24. The summed E-state index contributed by atoms with van der Waals surface area (Å²) in [4.78, 5) is 19.1. The van der Waals surface area contributed by atoms with Crippen molar-refractivity contribution in [1.29, 1.82) is 0 Å². The third-order valence-corrected chi connectivity index (χ3v) is 0.583. The first-order chi connectivity index (χ1) is 4.57. The first-order valence-electron chi connectivity index (χ1n) is 2.07. The summed E-state index contributed by atoms with van der Waals surface area (Å²) in [5.41, 5.74) is 0. The van der Waals surface area contributed by atoms with E-state index in [1.165, 1.54) is 0 Å². The van der Waals surface area contributed by atoms with Gasteiger partial charge in [-0.05, 0) is 0 Å². The van der Waals surface area contributed by atoms with Crippen LogP contribution in [0, 0.1) is 15.0 Å². The Kier molecular flexibility index (Phi) is 2.75. The molecule has 1 N–H and O–H groups in total. The highest BCUT2D eigenvalue weighted by atomic mass is 16.7. The average molecular weight is 148 g/mol. The lowest BCUT2D eigenvalue weighted by Gasteiger charge is -1.98. The van der Waals surface area contributed by atoms with Gasteiger partial charge >= 0.3 is 6.02 Å². The molecule has 56 valence electrons. The van der Waals surface area contributed by atoms with E-state index >= 15 is 0 Å². The van der Waals surface area contributed by atoms with Crippen LogP contribution in [0.15, 0.2) is 10.4 Å². The van der Waals surface area contributed by atoms with Crippen LogP contribution in [0.25, 0.3) is 0 Å². The van der Waals surface area contributed by atoms with E-state index in [0.29, 0.717) is 5.01 Å². The third kappa shape index (κ3) is 2.55. The second-order valence-electron chi connectivity index (χ2n) is 1.24. The van der Waals surface area contributed by atoms with E-state index in [2.05, 4.69) is 10.4 Å². The summed E-state index contributed by atoms with van der Waals surface area (Å²) < 4.78 is 0. The van der Waals surface area contributed by atoms with Crippen LogP contribution < -0.4 is 0 Å². The number of hydrogen-bond acceptors (Lipinski definition) is 4. The van der Waals surface area contributed by atoms with E-state index in [9.17, 15) is 15.0 Å².